The number of hydrogen-bond donors (Lipinski definition) is 0. The molecular weight excluding hydrogens is 301 g/mol. The van der Waals surface area contributed by atoms with Crippen LogP contribution in [0.2, 0.25) is 0 Å². The maximum atomic E-state index is 8.60. The third-order valence-corrected chi connectivity index (χ3v) is 4.94. The van der Waals surface area contributed by atoms with E-state index in [0.29, 0.717) is 17.8 Å². The van der Waals surface area contributed by atoms with Crippen molar-refractivity contribution in [3.8, 4) is 0 Å². The van der Waals surface area contributed by atoms with Gasteiger partial charge in [-0.1, -0.05) is 0 Å². The molecule has 0 aromatic heterocycles. The Labute approximate surface area is 122 Å². The molecule has 0 fully saturated rings. The molecule has 0 N–H and O–H groups in total. The molecule has 0 aliphatic carbocycles. The van der Waals surface area contributed by atoms with Crippen LogP contribution >= 0.6 is 0 Å². The van der Waals surface area contributed by atoms with Gasteiger partial charge in [0.25, 0.3) is 0 Å². The van der Waals surface area contributed by atoms with Gasteiger partial charge in [0.2, 0.25) is 0 Å². The molecule has 0 radical (unpaired) electrons. The summed E-state index contributed by atoms with van der Waals surface area (Å²) in [7, 11) is 0. The van der Waals surface area contributed by atoms with Gasteiger partial charge in [0.15, 0.2) is 0 Å². The van der Waals surface area contributed by atoms with Crippen LogP contribution in [0, 0.1) is 0 Å². The van der Waals surface area contributed by atoms with Crippen molar-refractivity contribution in [3.05, 3.63) is 39.3 Å². The van der Waals surface area contributed by atoms with Gasteiger partial charge in [0.1, 0.15) is 0 Å². The van der Waals surface area contributed by atoms with Crippen LogP contribution in [0.25, 0.3) is 10.4 Å². The van der Waals surface area contributed by atoms with Crippen molar-refractivity contribution in [1.82, 2.24) is 0 Å². The van der Waals surface area contributed by atoms with Crippen LogP contribution in [0.1, 0.15) is 76.0 Å². The zero-order chi connectivity index (χ0) is 14.6. The molecule has 0 heterocycles. The predicted molar refractivity (Wildman–Crippen MR) is 83.2 cm³/mol. The first-order chi connectivity index (χ1) is 8.88. The number of nitrogens with zero attached hydrogens (tertiary/aromatic N) is 3. The van der Waals surface area contributed by atoms with E-state index >= 15 is 0 Å². The molecule has 0 aliphatic heterocycles. The van der Waals surface area contributed by atoms with E-state index in [-0.39, 0.29) is 15.2 Å². The molecule has 0 amide bonds. The molecule has 0 unspecified atom stereocenters. The van der Waals surface area contributed by atoms with E-state index < -0.39 is 0 Å². The van der Waals surface area contributed by atoms with Crippen LogP contribution in [0.3, 0.4) is 0 Å². The quantitative estimate of drug-likeness (QED) is 0.329. The van der Waals surface area contributed by atoms with Crippen molar-refractivity contribution in [2.24, 2.45) is 4.13 Å². The first-order valence-electron chi connectivity index (χ1n) is 6.77. The first-order valence-corrected chi connectivity index (χ1v) is 8.39. The van der Waals surface area contributed by atoms with Gasteiger partial charge in [-0.15, -0.1) is 0 Å². The summed E-state index contributed by atoms with van der Waals surface area (Å²) in [5.74, 6) is 1.44. The van der Waals surface area contributed by atoms with Gasteiger partial charge >= 0.3 is 122 Å². The van der Waals surface area contributed by atoms with E-state index in [1.54, 1.807) is 0 Å². The van der Waals surface area contributed by atoms with E-state index in [0.717, 1.165) is 0 Å². The van der Waals surface area contributed by atoms with E-state index in [1.165, 1.54) is 21.2 Å². The molecule has 0 bridgehead atoms. The van der Waals surface area contributed by atoms with Crippen LogP contribution in [0.15, 0.2) is 16.3 Å². The molecule has 1 aromatic rings. The van der Waals surface area contributed by atoms with Crippen LogP contribution in [-0.2, 0) is 0 Å². The molecule has 0 saturated carbocycles. The van der Waals surface area contributed by atoms with Crippen LogP contribution < -0.4 is 4.46 Å². The minimum atomic E-state index is -0.149. The Kier molecular flexibility index (Phi) is 5.93. The number of azide groups is 1. The molecule has 104 valence electrons. The second-order valence-electron chi connectivity index (χ2n) is 5.75. The Hall–Kier alpha value is -0.951. The summed E-state index contributed by atoms with van der Waals surface area (Å²) in [6.45, 7) is 13.3. The number of rotatable bonds is 5. The monoisotopic (exact) mass is 325 g/mol. The average Bonchev–Trinajstić information content (AvgIpc) is 2.34. The summed E-state index contributed by atoms with van der Waals surface area (Å²) < 4.78 is 5.12. The number of hydrogen-bond acceptors (Lipinski definition) is 1. The zero-order valence-electron chi connectivity index (χ0n) is 12.6. The van der Waals surface area contributed by atoms with Crippen LogP contribution in [-0.4, -0.2) is 15.2 Å². The fraction of sp³-hybridized carbons (Fsp3) is 0.600. The van der Waals surface area contributed by atoms with Crippen molar-refractivity contribution >= 4 is 19.6 Å². The fourth-order valence-corrected chi connectivity index (χ4v) is 3.98. The fourth-order valence-electron chi connectivity index (χ4n) is 2.05. The van der Waals surface area contributed by atoms with E-state index in [9.17, 15) is 0 Å². The molecule has 1 rings (SSSR count). The molecular formula is C15H23N3Se. The average molecular weight is 324 g/mol. The SMILES string of the molecule is CC(C)c1cc(C(C)C)c([Se]N=[N+]=[N-])c(C(C)C)c1. The molecule has 1 aromatic carbocycles. The van der Waals surface area contributed by atoms with Crippen molar-refractivity contribution in [2.75, 3.05) is 0 Å². The van der Waals surface area contributed by atoms with Gasteiger partial charge < -0.3 is 0 Å². The van der Waals surface area contributed by atoms with Crippen molar-refractivity contribution in [3.63, 3.8) is 0 Å². The Bertz CT molecular complexity index is 457. The van der Waals surface area contributed by atoms with Crippen LogP contribution in [0.4, 0.5) is 0 Å². The van der Waals surface area contributed by atoms with Gasteiger partial charge in [-0.2, -0.15) is 0 Å². The summed E-state index contributed by atoms with van der Waals surface area (Å²) in [6.07, 6.45) is 0. The third kappa shape index (κ3) is 4.01. The number of benzene rings is 1. The van der Waals surface area contributed by atoms with Crippen molar-refractivity contribution < 1.29 is 0 Å². The standard InChI is InChI=1S/C15H23N3Se/c1-9(2)12-7-13(10(3)4)15(19-18-17-16)14(8-12)11(5)6/h7-11H,1-6H3. The van der Waals surface area contributed by atoms with E-state index in [4.69, 9.17) is 5.53 Å². The summed E-state index contributed by atoms with van der Waals surface area (Å²) in [5, 5.41) is 0. The summed E-state index contributed by atoms with van der Waals surface area (Å²) in [4.78, 5) is 2.94. The molecule has 0 aliphatic rings. The minimum absolute atomic E-state index is 0.149. The zero-order valence-corrected chi connectivity index (χ0v) is 14.3. The Morgan fingerprint density at radius 2 is 1.42 bits per heavy atom. The van der Waals surface area contributed by atoms with Crippen molar-refractivity contribution in [2.45, 2.75) is 59.3 Å². The van der Waals surface area contributed by atoms with Gasteiger partial charge in [-0.3, -0.25) is 0 Å². The maximum absolute atomic E-state index is 8.60. The van der Waals surface area contributed by atoms with Gasteiger partial charge in [0, 0.05) is 0 Å². The molecule has 4 heteroatoms. The van der Waals surface area contributed by atoms with Crippen molar-refractivity contribution in [1.29, 1.82) is 0 Å². The first kappa shape index (κ1) is 16.1. The predicted octanol–water partition coefficient (Wildman–Crippen LogP) is 4.61. The molecule has 0 saturated heterocycles. The Morgan fingerprint density at radius 1 is 0.947 bits per heavy atom. The summed E-state index contributed by atoms with van der Waals surface area (Å²) >= 11 is -0.149. The Balaban J connectivity index is 3.50. The van der Waals surface area contributed by atoms with Gasteiger partial charge in [-0.05, 0) is 0 Å². The summed E-state index contributed by atoms with van der Waals surface area (Å²) in [6, 6.07) is 4.59. The van der Waals surface area contributed by atoms with Crippen LogP contribution in [0.5, 0.6) is 0 Å². The topological polar surface area (TPSA) is 48.8 Å². The van der Waals surface area contributed by atoms with Gasteiger partial charge in [-0.25, -0.2) is 0 Å². The van der Waals surface area contributed by atoms with E-state index in [2.05, 4.69) is 62.7 Å². The molecule has 0 spiro atoms. The third-order valence-electron chi connectivity index (χ3n) is 3.25. The molecule has 19 heavy (non-hydrogen) atoms. The second-order valence-corrected chi connectivity index (χ2v) is 7.34. The molecule has 0 atom stereocenters. The second kappa shape index (κ2) is 7.00. The van der Waals surface area contributed by atoms with Gasteiger partial charge in [0.05, 0.1) is 0 Å². The normalized spacial score (nSPS) is 11.2. The Morgan fingerprint density at radius 3 is 1.74 bits per heavy atom. The summed E-state index contributed by atoms with van der Waals surface area (Å²) in [5.41, 5.74) is 12.7. The van der Waals surface area contributed by atoms with E-state index in [1.807, 2.05) is 0 Å². The molecule has 3 nitrogen and oxygen atoms in total.